The Morgan fingerprint density at radius 1 is 1.29 bits per heavy atom. The Morgan fingerprint density at radius 3 is 2.64 bits per heavy atom. The third kappa shape index (κ3) is 1.27. The van der Waals surface area contributed by atoms with Gasteiger partial charge < -0.3 is 19.7 Å². The normalized spacial score (nSPS) is 10.8. The molecule has 0 fully saturated rings. The van der Waals surface area contributed by atoms with Gasteiger partial charge in [-0.25, -0.2) is 0 Å². The van der Waals surface area contributed by atoms with Crippen LogP contribution in [0.1, 0.15) is 0 Å². The first-order valence-electron chi connectivity index (χ1n) is 4.23. The Labute approximate surface area is 81.2 Å². The number of hydrogen-bond acceptors (Lipinski definition) is 3. The minimum Gasteiger partial charge on any atom is -0.508 e. The number of nitrogens with zero attached hydrogens (tertiary/aromatic N) is 1. The lowest BCUT2D eigenvalue weighted by Crippen LogP contribution is -2.30. The number of aromatic nitrogens is 1. The van der Waals surface area contributed by atoms with Crippen LogP contribution in [-0.4, -0.2) is 26.8 Å². The fraction of sp³-hybridized carbons (Fsp3) is 0.111. The summed E-state index contributed by atoms with van der Waals surface area (Å²) >= 11 is 0. The topological polar surface area (TPSA) is 65.6 Å². The third-order valence-electron chi connectivity index (χ3n) is 2.31. The minimum absolute atomic E-state index is 0.0984. The van der Waals surface area contributed by atoms with E-state index in [0.717, 1.165) is 10.9 Å². The summed E-state index contributed by atoms with van der Waals surface area (Å²) in [6.07, 6.45) is 1.84. The number of phenolic OH excluding ortho intramolecular Hbond substituents is 1. The highest BCUT2D eigenvalue weighted by atomic mass is 16.4. The average Bonchev–Trinajstić information content (AvgIpc) is 2.46. The first-order chi connectivity index (χ1) is 6.59. The molecule has 0 aliphatic heterocycles. The van der Waals surface area contributed by atoms with Gasteiger partial charge in [0.25, 0.3) is 0 Å². The van der Waals surface area contributed by atoms with E-state index in [1.807, 2.05) is 23.9 Å². The van der Waals surface area contributed by atoms with Gasteiger partial charge in [-0.2, -0.15) is 0 Å². The molecule has 0 aliphatic rings. The number of aromatic hydroxyl groups is 1. The van der Waals surface area contributed by atoms with E-state index in [1.54, 1.807) is 6.07 Å². The van der Waals surface area contributed by atoms with E-state index in [1.165, 1.54) is 6.07 Å². The van der Waals surface area contributed by atoms with Gasteiger partial charge in [0.1, 0.15) is 5.75 Å². The average molecular weight is 191 g/mol. The largest absolute Gasteiger partial charge is 0.508 e. The van der Waals surface area contributed by atoms with Gasteiger partial charge in [0.2, 0.25) is 0 Å². The standard InChI is InChI=1S/C9H10BNO3/c1-11-3-2-6-4-9(12)7(10(13)14)5-8(6)11/h2-5,12-14H,1H3. The molecular weight excluding hydrogens is 181 g/mol. The minimum atomic E-state index is -1.64. The molecule has 1 heterocycles. The predicted molar refractivity (Wildman–Crippen MR) is 54.4 cm³/mol. The fourth-order valence-corrected chi connectivity index (χ4v) is 1.53. The molecule has 4 nitrogen and oxygen atoms in total. The van der Waals surface area contributed by atoms with Gasteiger partial charge in [-0.15, -0.1) is 0 Å². The number of benzene rings is 1. The van der Waals surface area contributed by atoms with E-state index in [4.69, 9.17) is 10.0 Å². The summed E-state index contributed by atoms with van der Waals surface area (Å²) in [4.78, 5) is 0. The lowest BCUT2D eigenvalue weighted by atomic mass is 9.79. The van der Waals surface area contributed by atoms with E-state index in [-0.39, 0.29) is 11.2 Å². The van der Waals surface area contributed by atoms with Crippen molar-refractivity contribution in [2.75, 3.05) is 0 Å². The molecule has 0 aliphatic carbocycles. The second-order valence-corrected chi connectivity index (χ2v) is 3.27. The third-order valence-corrected chi connectivity index (χ3v) is 2.31. The molecule has 1 aromatic heterocycles. The number of aryl methyl sites for hydroxylation is 1. The molecule has 0 unspecified atom stereocenters. The summed E-state index contributed by atoms with van der Waals surface area (Å²) in [5.41, 5.74) is 0.977. The number of rotatable bonds is 1. The highest BCUT2D eigenvalue weighted by molar-refractivity contribution is 6.60. The number of fused-ring (bicyclic) bond motifs is 1. The maximum atomic E-state index is 9.46. The van der Waals surface area contributed by atoms with Crippen LogP contribution >= 0.6 is 0 Å². The Morgan fingerprint density at radius 2 is 2.00 bits per heavy atom. The summed E-state index contributed by atoms with van der Waals surface area (Å²) in [7, 11) is 0.210. The summed E-state index contributed by atoms with van der Waals surface area (Å²) in [5, 5.41) is 28.3. The molecule has 0 radical (unpaired) electrons. The SMILES string of the molecule is Cn1ccc2cc(O)c(B(O)O)cc21. The van der Waals surface area contributed by atoms with Gasteiger partial charge in [0.15, 0.2) is 0 Å². The second kappa shape index (κ2) is 3.04. The molecule has 0 saturated heterocycles. The number of phenols is 1. The van der Waals surface area contributed by atoms with E-state index in [2.05, 4.69) is 0 Å². The van der Waals surface area contributed by atoms with Gasteiger partial charge in [0, 0.05) is 29.6 Å². The first-order valence-corrected chi connectivity index (χ1v) is 4.23. The number of hydrogen-bond donors (Lipinski definition) is 3. The Kier molecular flexibility index (Phi) is 1.98. The van der Waals surface area contributed by atoms with Crippen molar-refractivity contribution in [1.82, 2.24) is 4.57 Å². The van der Waals surface area contributed by atoms with Gasteiger partial charge in [-0.3, -0.25) is 0 Å². The maximum Gasteiger partial charge on any atom is 0.492 e. The zero-order valence-corrected chi connectivity index (χ0v) is 7.68. The molecule has 0 bridgehead atoms. The molecular formula is C9H10BNO3. The van der Waals surface area contributed by atoms with Crippen LogP contribution in [0.15, 0.2) is 24.4 Å². The van der Waals surface area contributed by atoms with Crippen LogP contribution in [0.4, 0.5) is 0 Å². The molecule has 2 rings (SSSR count). The van der Waals surface area contributed by atoms with Crippen molar-refractivity contribution in [2.45, 2.75) is 0 Å². The summed E-state index contributed by atoms with van der Waals surface area (Å²) in [6.45, 7) is 0. The van der Waals surface area contributed by atoms with Crippen LogP contribution in [0, 0.1) is 0 Å². The van der Waals surface area contributed by atoms with E-state index >= 15 is 0 Å². The van der Waals surface area contributed by atoms with Crippen LogP contribution in [-0.2, 0) is 7.05 Å². The van der Waals surface area contributed by atoms with Gasteiger partial charge in [0.05, 0.1) is 0 Å². The van der Waals surface area contributed by atoms with Crippen molar-refractivity contribution in [1.29, 1.82) is 0 Å². The molecule has 3 N–H and O–H groups in total. The molecule has 5 heteroatoms. The van der Waals surface area contributed by atoms with Crippen LogP contribution in [0.2, 0.25) is 0 Å². The van der Waals surface area contributed by atoms with Crippen LogP contribution < -0.4 is 5.46 Å². The molecule has 0 spiro atoms. The van der Waals surface area contributed by atoms with Crippen LogP contribution in [0.5, 0.6) is 5.75 Å². The van der Waals surface area contributed by atoms with Crippen LogP contribution in [0.25, 0.3) is 10.9 Å². The van der Waals surface area contributed by atoms with Crippen molar-refractivity contribution < 1.29 is 15.2 Å². The zero-order valence-electron chi connectivity index (χ0n) is 7.68. The summed E-state index contributed by atoms with van der Waals surface area (Å²) in [5.74, 6) is -0.0984. The van der Waals surface area contributed by atoms with E-state index in [9.17, 15) is 5.11 Å². The van der Waals surface area contributed by atoms with Crippen molar-refractivity contribution in [3.8, 4) is 5.75 Å². The molecule has 1 aromatic carbocycles. The highest BCUT2D eigenvalue weighted by Gasteiger charge is 2.17. The predicted octanol–water partition coefficient (Wildman–Crippen LogP) is -0.436. The van der Waals surface area contributed by atoms with Gasteiger partial charge in [-0.1, -0.05) is 0 Å². The van der Waals surface area contributed by atoms with E-state index in [0.29, 0.717) is 0 Å². The Balaban J connectivity index is 2.74. The first kappa shape index (κ1) is 9.11. The molecule has 0 amide bonds. The molecule has 0 atom stereocenters. The molecule has 2 aromatic rings. The lowest BCUT2D eigenvalue weighted by Gasteiger charge is -2.04. The zero-order chi connectivity index (χ0) is 10.3. The van der Waals surface area contributed by atoms with Crippen molar-refractivity contribution >= 4 is 23.5 Å². The molecule has 14 heavy (non-hydrogen) atoms. The maximum absolute atomic E-state index is 9.46. The van der Waals surface area contributed by atoms with Gasteiger partial charge >= 0.3 is 7.12 Å². The molecule has 0 saturated carbocycles. The molecule has 72 valence electrons. The lowest BCUT2D eigenvalue weighted by molar-refractivity contribution is 0.420. The monoisotopic (exact) mass is 191 g/mol. The second-order valence-electron chi connectivity index (χ2n) is 3.27. The van der Waals surface area contributed by atoms with E-state index < -0.39 is 7.12 Å². The van der Waals surface area contributed by atoms with Gasteiger partial charge in [-0.05, 0) is 18.2 Å². The summed E-state index contributed by atoms with van der Waals surface area (Å²) < 4.78 is 1.85. The summed E-state index contributed by atoms with van der Waals surface area (Å²) in [6, 6.07) is 4.93. The van der Waals surface area contributed by atoms with Crippen molar-refractivity contribution in [3.05, 3.63) is 24.4 Å². The Hall–Kier alpha value is -1.46. The smallest absolute Gasteiger partial charge is 0.492 e. The highest BCUT2D eigenvalue weighted by Crippen LogP contribution is 2.18. The Bertz CT molecular complexity index is 478. The van der Waals surface area contributed by atoms with Crippen molar-refractivity contribution in [3.63, 3.8) is 0 Å². The van der Waals surface area contributed by atoms with Crippen LogP contribution in [0.3, 0.4) is 0 Å². The van der Waals surface area contributed by atoms with Crippen molar-refractivity contribution in [2.24, 2.45) is 7.05 Å². The quantitative estimate of drug-likeness (QED) is 0.535. The fourth-order valence-electron chi connectivity index (χ4n) is 1.53.